The summed E-state index contributed by atoms with van der Waals surface area (Å²) < 4.78 is 0. The molecule has 0 saturated heterocycles. The highest BCUT2D eigenvalue weighted by molar-refractivity contribution is 5.99. The van der Waals surface area contributed by atoms with E-state index < -0.39 is 11.8 Å². The molecule has 0 aliphatic rings. The highest BCUT2D eigenvalue weighted by atomic mass is 16.1. The molecular weight excluding hydrogens is 324 g/mol. The molecular formula is C22H42N2O2. The van der Waals surface area contributed by atoms with E-state index in [-0.39, 0.29) is 0 Å². The van der Waals surface area contributed by atoms with Crippen LogP contribution in [-0.2, 0) is 9.59 Å². The van der Waals surface area contributed by atoms with Crippen molar-refractivity contribution in [3.8, 4) is 0 Å². The van der Waals surface area contributed by atoms with Crippen molar-refractivity contribution in [3.05, 3.63) is 11.6 Å². The van der Waals surface area contributed by atoms with Crippen LogP contribution < -0.4 is 11.5 Å². The van der Waals surface area contributed by atoms with Crippen molar-refractivity contribution >= 4 is 11.8 Å². The first kappa shape index (κ1) is 24.7. The molecule has 0 aliphatic carbocycles. The Hall–Kier alpha value is -1.32. The second-order valence-corrected chi connectivity index (χ2v) is 7.49. The highest BCUT2D eigenvalue weighted by Gasteiger charge is 2.06. The molecule has 0 atom stereocenters. The number of unbranched alkanes of at least 4 members (excludes halogenated alkanes) is 15. The molecule has 0 spiro atoms. The minimum absolute atomic E-state index is 0.350. The van der Waals surface area contributed by atoms with Crippen LogP contribution in [0.25, 0.3) is 0 Å². The third kappa shape index (κ3) is 17.5. The first-order valence-electron chi connectivity index (χ1n) is 10.9. The fourth-order valence-electron chi connectivity index (χ4n) is 3.30. The Morgan fingerprint density at radius 3 is 1.27 bits per heavy atom. The third-order valence-corrected chi connectivity index (χ3v) is 4.93. The molecule has 152 valence electrons. The zero-order valence-corrected chi connectivity index (χ0v) is 17.1. The van der Waals surface area contributed by atoms with Gasteiger partial charge < -0.3 is 11.5 Å². The topological polar surface area (TPSA) is 86.2 Å². The van der Waals surface area contributed by atoms with Gasteiger partial charge in [0.2, 0.25) is 11.8 Å². The smallest absolute Gasteiger partial charge is 0.244 e. The van der Waals surface area contributed by atoms with Crippen molar-refractivity contribution < 1.29 is 9.59 Å². The summed E-state index contributed by atoms with van der Waals surface area (Å²) in [6.45, 7) is 2.27. The summed E-state index contributed by atoms with van der Waals surface area (Å²) in [5, 5.41) is 0. The summed E-state index contributed by atoms with van der Waals surface area (Å²) in [5.41, 5.74) is 10.7. The second kappa shape index (κ2) is 18.5. The normalized spacial score (nSPS) is 11.7. The van der Waals surface area contributed by atoms with Gasteiger partial charge in [0, 0.05) is 11.6 Å². The Morgan fingerprint density at radius 1 is 0.615 bits per heavy atom. The molecule has 4 heteroatoms. The standard InChI is InChI=1S/C22H42N2O2/c1-2-3-4-5-6-7-8-9-10-11-12-13-14-15-16-17-18-20(22(24)26)19-21(23)25/h19H,2-18H2,1H3,(H2,23,25)(H2,24,26)/b20-19+. The molecule has 0 aliphatic heterocycles. The molecule has 26 heavy (non-hydrogen) atoms. The van der Waals surface area contributed by atoms with Crippen LogP contribution in [0, 0.1) is 0 Å². The number of rotatable bonds is 19. The number of carbonyl (C=O) groups excluding carboxylic acids is 2. The molecule has 0 fully saturated rings. The molecule has 0 rings (SSSR count). The van der Waals surface area contributed by atoms with Crippen molar-refractivity contribution in [3.63, 3.8) is 0 Å². The van der Waals surface area contributed by atoms with Gasteiger partial charge in [0.15, 0.2) is 0 Å². The number of carbonyl (C=O) groups is 2. The molecule has 0 aromatic carbocycles. The molecule has 4 N–H and O–H groups in total. The summed E-state index contributed by atoms with van der Waals surface area (Å²) in [7, 11) is 0. The molecule has 0 aromatic heterocycles. The van der Waals surface area contributed by atoms with Crippen molar-refractivity contribution in [1.29, 1.82) is 0 Å². The lowest BCUT2D eigenvalue weighted by Gasteiger charge is -2.04. The van der Waals surface area contributed by atoms with Crippen LogP contribution in [0.3, 0.4) is 0 Å². The minimum atomic E-state index is -0.602. The maximum absolute atomic E-state index is 11.2. The van der Waals surface area contributed by atoms with Gasteiger partial charge in [-0.05, 0) is 12.8 Å². The average Bonchev–Trinajstić information content (AvgIpc) is 2.59. The van der Waals surface area contributed by atoms with Gasteiger partial charge in [0.1, 0.15) is 0 Å². The number of primary amides is 2. The van der Waals surface area contributed by atoms with Gasteiger partial charge >= 0.3 is 0 Å². The summed E-state index contributed by atoms with van der Waals surface area (Å²) >= 11 is 0. The van der Waals surface area contributed by atoms with Gasteiger partial charge in [0.25, 0.3) is 0 Å². The summed E-state index contributed by atoms with van der Waals surface area (Å²) in [6.07, 6.45) is 22.7. The van der Waals surface area contributed by atoms with Crippen LogP contribution in [-0.4, -0.2) is 11.8 Å². The summed E-state index contributed by atoms with van der Waals surface area (Å²) in [6, 6.07) is 0. The van der Waals surface area contributed by atoms with Gasteiger partial charge in [-0.25, -0.2) is 0 Å². The molecule has 0 heterocycles. The van der Waals surface area contributed by atoms with E-state index in [1.165, 1.54) is 89.9 Å². The Bertz CT molecular complexity index is 392. The minimum Gasteiger partial charge on any atom is -0.366 e. The molecule has 0 bridgehead atoms. The fourth-order valence-corrected chi connectivity index (χ4v) is 3.30. The predicted molar refractivity (Wildman–Crippen MR) is 111 cm³/mol. The second-order valence-electron chi connectivity index (χ2n) is 7.49. The lowest BCUT2D eigenvalue weighted by molar-refractivity contribution is -0.116. The Balaban J connectivity index is 3.31. The fraction of sp³-hybridized carbons (Fsp3) is 0.818. The quantitative estimate of drug-likeness (QED) is 0.232. The van der Waals surface area contributed by atoms with Gasteiger partial charge in [-0.3, -0.25) is 9.59 Å². The summed E-state index contributed by atoms with van der Waals surface area (Å²) in [5.74, 6) is -1.14. The van der Waals surface area contributed by atoms with Crippen LogP contribution in [0.2, 0.25) is 0 Å². The molecule has 4 nitrogen and oxygen atoms in total. The van der Waals surface area contributed by atoms with Crippen LogP contribution in [0.1, 0.15) is 116 Å². The Kier molecular flexibility index (Phi) is 17.5. The van der Waals surface area contributed by atoms with E-state index in [1.54, 1.807) is 0 Å². The van der Waals surface area contributed by atoms with E-state index >= 15 is 0 Å². The lowest BCUT2D eigenvalue weighted by atomic mass is 10.0. The van der Waals surface area contributed by atoms with Crippen LogP contribution in [0.15, 0.2) is 11.6 Å². The zero-order chi connectivity index (χ0) is 19.5. The monoisotopic (exact) mass is 366 g/mol. The van der Waals surface area contributed by atoms with Crippen LogP contribution in [0.5, 0.6) is 0 Å². The van der Waals surface area contributed by atoms with E-state index in [0.717, 1.165) is 18.9 Å². The van der Waals surface area contributed by atoms with Gasteiger partial charge in [-0.1, -0.05) is 103 Å². The van der Waals surface area contributed by atoms with Crippen molar-refractivity contribution in [2.24, 2.45) is 11.5 Å². The maximum Gasteiger partial charge on any atom is 0.244 e. The van der Waals surface area contributed by atoms with Gasteiger partial charge in [-0.2, -0.15) is 0 Å². The van der Waals surface area contributed by atoms with Crippen LogP contribution >= 0.6 is 0 Å². The van der Waals surface area contributed by atoms with Gasteiger partial charge in [-0.15, -0.1) is 0 Å². The molecule has 0 saturated carbocycles. The molecule has 0 aromatic rings. The van der Waals surface area contributed by atoms with Gasteiger partial charge in [0.05, 0.1) is 0 Å². The maximum atomic E-state index is 11.2. The first-order valence-corrected chi connectivity index (χ1v) is 10.9. The molecule has 2 amide bonds. The summed E-state index contributed by atoms with van der Waals surface area (Å²) in [4.78, 5) is 22.0. The number of nitrogens with two attached hydrogens (primary N) is 2. The molecule has 0 radical (unpaired) electrons. The average molecular weight is 367 g/mol. The Labute approximate surface area is 161 Å². The van der Waals surface area contributed by atoms with Crippen molar-refractivity contribution in [2.45, 2.75) is 116 Å². The third-order valence-electron chi connectivity index (χ3n) is 4.93. The zero-order valence-electron chi connectivity index (χ0n) is 17.1. The molecule has 0 unspecified atom stereocenters. The van der Waals surface area contributed by atoms with E-state index in [1.807, 2.05) is 0 Å². The van der Waals surface area contributed by atoms with E-state index in [4.69, 9.17) is 11.5 Å². The predicted octanol–water partition coefficient (Wildman–Crippen LogP) is 5.54. The highest BCUT2D eigenvalue weighted by Crippen LogP contribution is 2.15. The SMILES string of the molecule is CCCCCCCCCCCCCCCCCC/C(=C\C(N)=O)C(N)=O. The number of hydrogen-bond donors (Lipinski definition) is 2. The number of hydrogen-bond acceptors (Lipinski definition) is 2. The van der Waals surface area contributed by atoms with E-state index in [2.05, 4.69) is 6.92 Å². The largest absolute Gasteiger partial charge is 0.366 e. The van der Waals surface area contributed by atoms with E-state index in [9.17, 15) is 9.59 Å². The van der Waals surface area contributed by atoms with Crippen molar-refractivity contribution in [2.75, 3.05) is 0 Å². The Morgan fingerprint density at radius 2 is 0.962 bits per heavy atom. The first-order chi connectivity index (χ1) is 12.6. The lowest BCUT2D eigenvalue weighted by Crippen LogP contribution is -2.17. The van der Waals surface area contributed by atoms with Crippen molar-refractivity contribution in [1.82, 2.24) is 0 Å². The van der Waals surface area contributed by atoms with E-state index in [0.29, 0.717) is 12.0 Å². The number of amides is 2. The van der Waals surface area contributed by atoms with Crippen LogP contribution in [0.4, 0.5) is 0 Å².